The Kier molecular flexibility index (Phi) is 5.64. The maximum atomic E-state index is 12.8. The van der Waals surface area contributed by atoms with Gasteiger partial charge in [-0.15, -0.1) is 0 Å². The molecule has 0 fully saturated rings. The van der Waals surface area contributed by atoms with Crippen molar-refractivity contribution in [3.8, 4) is 5.75 Å². The minimum Gasteiger partial charge on any atom is -0.495 e. The minimum atomic E-state index is -0.685. The number of ether oxygens (including phenoxy) is 2. The van der Waals surface area contributed by atoms with E-state index < -0.39 is 11.7 Å². The van der Waals surface area contributed by atoms with E-state index in [0.29, 0.717) is 10.8 Å². The lowest BCUT2D eigenvalue weighted by molar-refractivity contribution is 0.0635. The van der Waals surface area contributed by atoms with Gasteiger partial charge in [0.1, 0.15) is 17.0 Å². The summed E-state index contributed by atoms with van der Waals surface area (Å²) in [5, 5.41) is 3.01. The van der Waals surface area contributed by atoms with Crippen molar-refractivity contribution in [2.24, 2.45) is 0 Å². The van der Waals surface area contributed by atoms with Crippen LogP contribution in [0.4, 0.5) is 10.5 Å². The Bertz CT molecular complexity index is 783. The molecule has 0 radical (unpaired) electrons. The molecule has 1 N–H and O–H groups in total. The van der Waals surface area contributed by atoms with Gasteiger partial charge in [-0.1, -0.05) is 17.7 Å². The monoisotopic (exact) mass is 362 g/mol. The Morgan fingerprint density at radius 1 is 1.16 bits per heavy atom. The van der Waals surface area contributed by atoms with E-state index >= 15 is 0 Å². The number of nitrogens with zero attached hydrogens (tertiary/aromatic N) is 1. The standard InChI is InChI=1S/C18H19ClN2O4/c1-18(2,3)25-17(23)21-15-12(6-5-7-14(15)24-4)16(22)13-9-8-11(19)10-20-13/h5-10H,1-4H3,(H,21,23). The molecule has 132 valence electrons. The Morgan fingerprint density at radius 3 is 2.44 bits per heavy atom. The number of ketones is 1. The average Bonchev–Trinajstić information content (AvgIpc) is 2.53. The molecule has 2 rings (SSSR count). The van der Waals surface area contributed by atoms with Crippen molar-refractivity contribution >= 4 is 29.2 Å². The molecule has 0 unspecified atom stereocenters. The van der Waals surface area contributed by atoms with E-state index in [0.717, 1.165) is 0 Å². The SMILES string of the molecule is COc1cccc(C(=O)c2ccc(Cl)cn2)c1NC(=O)OC(C)(C)C. The van der Waals surface area contributed by atoms with Gasteiger partial charge >= 0.3 is 6.09 Å². The Labute approximate surface area is 151 Å². The highest BCUT2D eigenvalue weighted by Crippen LogP contribution is 2.30. The van der Waals surface area contributed by atoms with E-state index in [1.807, 2.05) is 0 Å². The summed E-state index contributed by atoms with van der Waals surface area (Å²) >= 11 is 5.80. The minimum absolute atomic E-state index is 0.199. The van der Waals surface area contributed by atoms with Crippen LogP contribution < -0.4 is 10.1 Å². The van der Waals surface area contributed by atoms with Gasteiger partial charge in [0, 0.05) is 6.20 Å². The zero-order valence-electron chi connectivity index (χ0n) is 14.4. The second kappa shape index (κ2) is 7.53. The molecule has 2 aromatic rings. The average molecular weight is 363 g/mol. The molecule has 25 heavy (non-hydrogen) atoms. The van der Waals surface area contributed by atoms with Crippen LogP contribution in [0.2, 0.25) is 5.02 Å². The third kappa shape index (κ3) is 4.93. The molecule has 0 spiro atoms. The zero-order valence-corrected chi connectivity index (χ0v) is 15.2. The summed E-state index contributed by atoms with van der Waals surface area (Å²) in [7, 11) is 1.45. The van der Waals surface area contributed by atoms with Gasteiger partial charge in [0.15, 0.2) is 0 Å². The van der Waals surface area contributed by atoms with Crippen LogP contribution in [0.5, 0.6) is 5.75 Å². The lowest BCUT2D eigenvalue weighted by Gasteiger charge is -2.21. The predicted octanol–water partition coefficient (Wildman–Crippen LogP) is 4.32. The zero-order chi connectivity index (χ0) is 18.6. The van der Waals surface area contributed by atoms with Crippen molar-refractivity contribution in [1.82, 2.24) is 4.98 Å². The first-order valence-corrected chi connectivity index (χ1v) is 7.92. The second-order valence-electron chi connectivity index (χ2n) is 6.20. The summed E-state index contributed by atoms with van der Waals surface area (Å²) in [5.74, 6) is -0.0349. The number of para-hydroxylation sites is 1. The van der Waals surface area contributed by atoms with Gasteiger partial charge in [0.05, 0.1) is 23.4 Å². The predicted molar refractivity (Wildman–Crippen MR) is 95.5 cm³/mol. The van der Waals surface area contributed by atoms with Crippen molar-refractivity contribution in [2.75, 3.05) is 12.4 Å². The summed E-state index contributed by atoms with van der Waals surface area (Å²) in [6.07, 6.45) is 0.700. The third-order valence-electron chi connectivity index (χ3n) is 3.08. The molecule has 1 aromatic heterocycles. The van der Waals surface area contributed by atoms with Crippen LogP contribution in [0, 0.1) is 0 Å². The van der Waals surface area contributed by atoms with Crippen LogP contribution in [0.3, 0.4) is 0 Å². The number of carbonyl (C=O) groups excluding carboxylic acids is 2. The molecular weight excluding hydrogens is 344 g/mol. The number of nitrogens with one attached hydrogen (secondary N) is 1. The summed E-state index contributed by atoms with van der Waals surface area (Å²) in [5.41, 5.74) is -0.0144. The lowest BCUT2D eigenvalue weighted by Crippen LogP contribution is -2.28. The van der Waals surface area contributed by atoms with Crippen molar-refractivity contribution in [3.63, 3.8) is 0 Å². The number of hydrogen-bond donors (Lipinski definition) is 1. The van der Waals surface area contributed by atoms with Gasteiger partial charge in [0.25, 0.3) is 0 Å². The molecule has 6 nitrogen and oxygen atoms in total. The molecule has 7 heteroatoms. The fraction of sp³-hybridized carbons (Fsp3) is 0.278. The number of hydrogen-bond acceptors (Lipinski definition) is 5. The van der Waals surface area contributed by atoms with Gasteiger partial charge in [0.2, 0.25) is 5.78 Å². The third-order valence-corrected chi connectivity index (χ3v) is 3.30. The van der Waals surface area contributed by atoms with E-state index in [9.17, 15) is 9.59 Å². The molecule has 0 bridgehead atoms. The van der Waals surface area contributed by atoms with E-state index in [1.165, 1.54) is 19.4 Å². The van der Waals surface area contributed by atoms with E-state index in [1.54, 1.807) is 45.0 Å². The van der Waals surface area contributed by atoms with Crippen molar-refractivity contribution in [2.45, 2.75) is 26.4 Å². The first-order chi connectivity index (χ1) is 11.7. The number of anilines is 1. The van der Waals surface area contributed by atoms with Crippen LogP contribution in [-0.4, -0.2) is 29.6 Å². The van der Waals surface area contributed by atoms with Gasteiger partial charge in [-0.3, -0.25) is 15.1 Å². The van der Waals surface area contributed by atoms with Gasteiger partial charge in [-0.05, 0) is 45.0 Å². The number of halogens is 1. The fourth-order valence-corrected chi connectivity index (χ4v) is 2.18. The van der Waals surface area contributed by atoms with Crippen LogP contribution in [0.15, 0.2) is 36.5 Å². The smallest absolute Gasteiger partial charge is 0.412 e. The maximum absolute atomic E-state index is 12.8. The van der Waals surface area contributed by atoms with Crippen molar-refractivity contribution in [1.29, 1.82) is 0 Å². The number of rotatable bonds is 4. The molecule has 0 aliphatic heterocycles. The normalized spacial score (nSPS) is 10.9. The van der Waals surface area contributed by atoms with E-state index in [-0.39, 0.29) is 22.7 Å². The van der Waals surface area contributed by atoms with Crippen LogP contribution in [0.1, 0.15) is 36.8 Å². The summed E-state index contributed by atoms with van der Waals surface area (Å²) in [6.45, 7) is 5.25. The molecule has 1 amide bonds. The summed E-state index contributed by atoms with van der Waals surface area (Å²) in [4.78, 5) is 28.9. The number of carbonyl (C=O) groups is 2. The van der Waals surface area contributed by atoms with Crippen LogP contribution >= 0.6 is 11.6 Å². The first-order valence-electron chi connectivity index (χ1n) is 7.54. The van der Waals surface area contributed by atoms with Crippen LogP contribution in [-0.2, 0) is 4.74 Å². The van der Waals surface area contributed by atoms with Gasteiger partial charge in [-0.25, -0.2) is 4.79 Å². The van der Waals surface area contributed by atoms with Gasteiger partial charge < -0.3 is 9.47 Å². The van der Waals surface area contributed by atoms with Crippen molar-refractivity contribution in [3.05, 3.63) is 52.8 Å². The highest BCUT2D eigenvalue weighted by Gasteiger charge is 2.22. The number of pyridine rings is 1. The number of aromatic nitrogens is 1. The topological polar surface area (TPSA) is 77.5 Å². The first kappa shape index (κ1) is 18.7. The molecule has 0 atom stereocenters. The largest absolute Gasteiger partial charge is 0.495 e. The fourth-order valence-electron chi connectivity index (χ4n) is 2.07. The molecule has 0 saturated heterocycles. The van der Waals surface area contributed by atoms with Crippen molar-refractivity contribution < 1.29 is 19.1 Å². The summed E-state index contributed by atoms with van der Waals surface area (Å²) < 4.78 is 10.5. The van der Waals surface area contributed by atoms with E-state index in [2.05, 4.69) is 10.3 Å². The Balaban J connectivity index is 2.39. The van der Waals surface area contributed by atoms with Crippen LogP contribution in [0.25, 0.3) is 0 Å². The number of amides is 1. The highest BCUT2D eigenvalue weighted by atomic mass is 35.5. The molecule has 0 saturated carbocycles. The molecule has 0 aliphatic carbocycles. The molecular formula is C18H19ClN2O4. The lowest BCUT2D eigenvalue weighted by atomic mass is 10.0. The Morgan fingerprint density at radius 2 is 1.88 bits per heavy atom. The highest BCUT2D eigenvalue weighted by molar-refractivity contribution is 6.30. The molecule has 0 aliphatic rings. The quantitative estimate of drug-likeness (QED) is 0.819. The van der Waals surface area contributed by atoms with Gasteiger partial charge in [-0.2, -0.15) is 0 Å². The number of methoxy groups -OCH3 is 1. The summed E-state index contributed by atoms with van der Waals surface area (Å²) in [6, 6.07) is 7.96. The second-order valence-corrected chi connectivity index (χ2v) is 6.64. The molecule has 1 aromatic carbocycles. The Hall–Kier alpha value is -2.60. The van der Waals surface area contributed by atoms with E-state index in [4.69, 9.17) is 21.1 Å². The molecule has 1 heterocycles. The maximum Gasteiger partial charge on any atom is 0.412 e. The number of benzene rings is 1.